The molecule has 2 aromatic carbocycles. The molecule has 2 N–H and O–H groups in total. The van der Waals surface area contributed by atoms with E-state index in [9.17, 15) is 9.59 Å². The highest BCUT2D eigenvalue weighted by Gasteiger charge is 2.17. The maximum Gasteiger partial charge on any atom is 0.351 e. The van der Waals surface area contributed by atoms with E-state index in [1.54, 1.807) is 0 Å². The highest BCUT2D eigenvalue weighted by Crippen LogP contribution is 2.20. The van der Waals surface area contributed by atoms with E-state index in [-0.39, 0.29) is 0 Å². The SMILES string of the molecule is O=C(Nc1ccc(N2CCN(Cc3ccccc3)CC2)cc1)n1cn[nH]c1=O. The van der Waals surface area contributed by atoms with Crippen LogP contribution in [0.15, 0.2) is 65.7 Å². The molecule has 0 unspecified atom stereocenters. The smallest absolute Gasteiger partial charge is 0.351 e. The third-order valence-corrected chi connectivity index (χ3v) is 4.88. The molecule has 1 saturated heterocycles. The van der Waals surface area contributed by atoms with Gasteiger partial charge in [0, 0.05) is 44.1 Å². The van der Waals surface area contributed by atoms with Crippen molar-refractivity contribution in [3.05, 3.63) is 77.0 Å². The van der Waals surface area contributed by atoms with Crippen molar-refractivity contribution in [3.8, 4) is 0 Å². The first-order valence-corrected chi connectivity index (χ1v) is 9.24. The number of nitrogens with zero attached hydrogens (tertiary/aromatic N) is 4. The molecule has 144 valence electrons. The second-order valence-electron chi connectivity index (χ2n) is 6.76. The lowest BCUT2D eigenvalue weighted by molar-refractivity contribution is 0.250. The van der Waals surface area contributed by atoms with Gasteiger partial charge in [0.25, 0.3) is 0 Å². The number of hydrogen-bond donors (Lipinski definition) is 2. The van der Waals surface area contributed by atoms with E-state index in [0.717, 1.165) is 49.3 Å². The Hall–Kier alpha value is -3.39. The van der Waals surface area contributed by atoms with Crippen LogP contribution in [0, 0.1) is 0 Å². The Bertz CT molecular complexity index is 972. The number of hydrogen-bond acceptors (Lipinski definition) is 5. The van der Waals surface area contributed by atoms with Gasteiger partial charge in [0.1, 0.15) is 6.33 Å². The van der Waals surface area contributed by atoms with Crippen LogP contribution in [0.4, 0.5) is 16.2 Å². The first-order chi connectivity index (χ1) is 13.7. The summed E-state index contributed by atoms with van der Waals surface area (Å²) in [7, 11) is 0. The van der Waals surface area contributed by atoms with Gasteiger partial charge in [-0.15, -0.1) is 0 Å². The lowest BCUT2D eigenvalue weighted by Crippen LogP contribution is -2.45. The molecule has 8 heteroatoms. The topological polar surface area (TPSA) is 86.3 Å². The van der Waals surface area contributed by atoms with Gasteiger partial charge < -0.3 is 10.2 Å². The second kappa shape index (κ2) is 8.10. The molecule has 0 spiro atoms. The molecule has 2 heterocycles. The van der Waals surface area contributed by atoms with E-state index < -0.39 is 11.7 Å². The number of rotatable bonds is 4. The van der Waals surface area contributed by atoms with Gasteiger partial charge >= 0.3 is 11.7 Å². The summed E-state index contributed by atoms with van der Waals surface area (Å²) >= 11 is 0. The number of anilines is 2. The minimum Gasteiger partial charge on any atom is -0.369 e. The van der Waals surface area contributed by atoms with Crippen LogP contribution in [-0.4, -0.2) is 51.9 Å². The summed E-state index contributed by atoms with van der Waals surface area (Å²) in [4.78, 5) is 28.3. The number of aromatic nitrogens is 3. The van der Waals surface area contributed by atoms with Crippen molar-refractivity contribution >= 4 is 17.4 Å². The van der Waals surface area contributed by atoms with Gasteiger partial charge in [-0.1, -0.05) is 30.3 Å². The molecule has 1 aliphatic heterocycles. The number of aromatic amines is 1. The Morgan fingerprint density at radius 3 is 2.36 bits per heavy atom. The normalized spacial score (nSPS) is 14.8. The van der Waals surface area contributed by atoms with Crippen LogP contribution >= 0.6 is 0 Å². The summed E-state index contributed by atoms with van der Waals surface area (Å²) in [6.45, 7) is 4.92. The molecule has 8 nitrogen and oxygen atoms in total. The van der Waals surface area contributed by atoms with Crippen LogP contribution in [0.2, 0.25) is 0 Å². The highest BCUT2D eigenvalue weighted by molar-refractivity contribution is 5.90. The van der Waals surface area contributed by atoms with E-state index in [4.69, 9.17) is 0 Å². The first kappa shape index (κ1) is 18.0. The number of carbonyl (C=O) groups is 1. The number of piperazine rings is 1. The van der Waals surface area contributed by atoms with Crippen molar-refractivity contribution in [2.45, 2.75) is 6.54 Å². The average Bonchev–Trinajstić information content (AvgIpc) is 3.16. The zero-order valence-corrected chi connectivity index (χ0v) is 15.4. The number of carbonyl (C=O) groups excluding carboxylic acids is 1. The van der Waals surface area contributed by atoms with Crippen LogP contribution in [0.5, 0.6) is 0 Å². The van der Waals surface area contributed by atoms with Crippen molar-refractivity contribution < 1.29 is 4.79 Å². The van der Waals surface area contributed by atoms with E-state index in [1.807, 2.05) is 30.3 Å². The summed E-state index contributed by atoms with van der Waals surface area (Å²) in [5.74, 6) is 0. The van der Waals surface area contributed by atoms with Crippen molar-refractivity contribution in [1.29, 1.82) is 0 Å². The van der Waals surface area contributed by atoms with Gasteiger partial charge in [-0.25, -0.2) is 19.3 Å². The zero-order chi connectivity index (χ0) is 19.3. The van der Waals surface area contributed by atoms with E-state index in [2.05, 4.69) is 49.6 Å². The summed E-state index contributed by atoms with van der Waals surface area (Å²) in [5, 5.41) is 8.43. The van der Waals surface area contributed by atoms with Crippen molar-refractivity contribution in [1.82, 2.24) is 19.7 Å². The summed E-state index contributed by atoms with van der Waals surface area (Å²) < 4.78 is 0.889. The monoisotopic (exact) mass is 378 g/mol. The fourth-order valence-electron chi connectivity index (χ4n) is 3.34. The van der Waals surface area contributed by atoms with Crippen molar-refractivity contribution in [3.63, 3.8) is 0 Å². The minimum atomic E-state index is -0.567. The highest BCUT2D eigenvalue weighted by atomic mass is 16.2. The zero-order valence-electron chi connectivity index (χ0n) is 15.4. The van der Waals surface area contributed by atoms with Crippen LogP contribution < -0.4 is 15.9 Å². The molecule has 4 rings (SSSR count). The molecular weight excluding hydrogens is 356 g/mol. The maximum absolute atomic E-state index is 12.0. The molecule has 0 bridgehead atoms. The fraction of sp³-hybridized carbons (Fsp3) is 0.250. The van der Waals surface area contributed by atoms with Crippen LogP contribution in [0.3, 0.4) is 0 Å². The summed E-state index contributed by atoms with van der Waals surface area (Å²) in [6, 6.07) is 17.6. The molecule has 0 radical (unpaired) electrons. The standard InChI is InChI=1S/C20H22N6O2/c27-19(26-15-21-23-20(26)28)22-17-6-8-18(9-7-17)25-12-10-24(11-13-25)14-16-4-2-1-3-5-16/h1-9,15H,10-14H2,(H,22,27)(H,23,28). The molecule has 28 heavy (non-hydrogen) atoms. The van der Waals surface area contributed by atoms with E-state index >= 15 is 0 Å². The Morgan fingerprint density at radius 2 is 1.71 bits per heavy atom. The number of amides is 1. The molecule has 0 atom stereocenters. The number of H-pyrrole nitrogens is 1. The van der Waals surface area contributed by atoms with Crippen LogP contribution in [0.25, 0.3) is 0 Å². The van der Waals surface area contributed by atoms with Gasteiger partial charge in [-0.2, -0.15) is 5.10 Å². The molecule has 0 aliphatic carbocycles. The second-order valence-corrected chi connectivity index (χ2v) is 6.76. The van der Waals surface area contributed by atoms with Crippen LogP contribution in [0.1, 0.15) is 5.56 Å². The molecule has 1 aliphatic rings. The number of benzene rings is 2. The van der Waals surface area contributed by atoms with Crippen molar-refractivity contribution in [2.24, 2.45) is 0 Å². The Kier molecular flexibility index (Phi) is 5.20. The maximum atomic E-state index is 12.0. The first-order valence-electron chi connectivity index (χ1n) is 9.24. The molecule has 1 aromatic heterocycles. The molecule has 3 aromatic rings. The predicted octanol–water partition coefficient (Wildman–Crippen LogP) is 1.97. The van der Waals surface area contributed by atoms with Gasteiger partial charge in [-0.05, 0) is 29.8 Å². The number of nitrogens with one attached hydrogen (secondary N) is 2. The predicted molar refractivity (Wildman–Crippen MR) is 108 cm³/mol. The van der Waals surface area contributed by atoms with Gasteiger partial charge in [0.15, 0.2) is 0 Å². The van der Waals surface area contributed by atoms with Gasteiger partial charge in [0.05, 0.1) is 0 Å². The fourth-order valence-corrected chi connectivity index (χ4v) is 3.34. The van der Waals surface area contributed by atoms with E-state index in [0.29, 0.717) is 5.69 Å². The summed E-state index contributed by atoms with van der Waals surface area (Å²) in [6.07, 6.45) is 1.15. The Balaban J connectivity index is 1.32. The van der Waals surface area contributed by atoms with Crippen molar-refractivity contribution in [2.75, 3.05) is 36.4 Å². The van der Waals surface area contributed by atoms with Gasteiger partial charge in [0.2, 0.25) is 0 Å². The largest absolute Gasteiger partial charge is 0.369 e. The molecular formula is C20H22N6O2. The molecule has 0 saturated carbocycles. The Morgan fingerprint density at radius 1 is 1.00 bits per heavy atom. The minimum absolute atomic E-state index is 0.541. The third-order valence-electron chi connectivity index (χ3n) is 4.88. The Labute approximate surface area is 162 Å². The van der Waals surface area contributed by atoms with Crippen LogP contribution in [-0.2, 0) is 6.54 Å². The summed E-state index contributed by atoms with van der Waals surface area (Å²) in [5.41, 5.74) is 2.53. The third kappa shape index (κ3) is 4.12. The average molecular weight is 378 g/mol. The molecule has 1 amide bonds. The molecule has 1 fully saturated rings. The lowest BCUT2D eigenvalue weighted by atomic mass is 10.2. The lowest BCUT2D eigenvalue weighted by Gasteiger charge is -2.36. The van der Waals surface area contributed by atoms with Gasteiger partial charge in [-0.3, -0.25) is 4.90 Å². The van der Waals surface area contributed by atoms with E-state index in [1.165, 1.54) is 5.56 Å². The quantitative estimate of drug-likeness (QED) is 0.725.